The number of hydrogen-bond donors (Lipinski definition) is 0. The van der Waals surface area contributed by atoms with E-state index in [1.807, 2.05) is 24.3 Å². The van der Waals surface area contributed by atoms with Crippen LogP contribution in [0.4, 0.5) is 0 Å². The lowest BCUT2D eigenvalue weighted by molar-refractivity contribution is 0.0600. The molecule has 0 N–H and O–H groups in total. The van der Waals surface area contributed by atoms with E-state index < -0.39 is 0 Å². The summed E-state index contributed by atoms with van der Waals surface area (Å²) in [5.41, 5.74) is 4.63. The van der Waals surface area contributed by atoms with Crippen LogP contribution in [-0.4, -0.2) is 38.7 Å². The summed E-state index contributed by atoms with van der Waals surface area (Å²) in [7, 11) is 2.95. The summed E-state index contributed by atoms with van der Waals surface area (Å²) in [6.45, 7) is 0. The van der Waals surface area contributed by atoms with Crippen LogP contribution in [0.3, 0.4) is 0 Å². The van der Waals surface area contributed by atoms with Crippen molar-refractivity contribution in [2.24, 2.45) is 0 Å². The predicted molar refractivity (Wildman–Crippen MR) is 97.9 cm³/mol. The molecule has 0 spiro atoms. The largest absolute Gasteiger partial charge is 0.481 e. The van der Waals surface area contributed by atoms with Crippen molar-refractivity contribution in [1.82, 2.24) is 18.5 Å². The second kappa shape index (κ2) is 6.57. The zero-order chi connectivity index (χ0) is 18.1. The number of rotatable bonds is 4. The number of hydrogen-bond acceptors (Lipinski definition) is 7. The topological polar surface area (TPSA) is 79.1 Å². The van der Waals surface area contributed by atoms with Crippen LogP contribution in [0.25, 0.3) is 28.0 Å². The van der Waals surface area contributed by atoms with Gasteiger partial charge in [-0.2, -0.15) is 13.8 Å². The van der Waals surface area contributed by atoms with Crippen molar-refractivity contribution in [3.63, 3.8) is 0 Å². The number of esters is 1. The Kier molecular flexibility index (Phi) is 4.10. The van der Waals surface area contributed by atoms with Crippen LogP contribution in [0, 0.1) is 0 Å². The van der Waals surface area contributed by atoms with Crippen LogP contribution in [0.1, 0.15) is 10.4 Å². The van der Waals surface area contributed by atoms with Crippen molar-refractivity contribution in [3.8, 4) is 22.8 Å². The highest BCUT2D eigenvalue weighted by Crippen LogP contribution is 2.28. The van der Waals surface area contributed by atoms with E-state index in [4.69, 9.17) is 9.47 Å². The lowest BCUT2D eigenvalue weighted by Crippen LogP contribution is -2.03. The Balaban J connectivity index is 1.74. The van der Waals surface area contributed by atoms with Gasteiger partial charge in [0.25, 0.3) is 0 Å². The van der Waals surface area contributed by atoms with Gasteiger partial charge in [-0.1, -0.05) is 6.07 Å². The van der Waals surface area contributed by atoms with E-state index in [1.165, 1.54) is 18.8 Å². The normalized spacial score (nSPS) is 10.8. The van der Waals surface area contributed by atoms with E-state index in [0.29, 0.717) is 11.4 Å². The van der Waals surface area contributed by atoms with E-state index in [-0.39, 0.29) is 5.97 Å². The Morgan fingerprint density at radius 1 is 1.00 bits per heavy atom. The lowest BCUT2D eigenvalue weighted by atomic mass is 10.1. The minimum Gasteiger partial charge on any atom is -0.481 e. The highest BCUT2D eigenvalue weighted by Gasteiger charge is 2.14. The Labute approximate surface area is 153 Å². The molecule has 0 saturated carbocycles. The van der Waals surface area contributed by atoms with Crippen LogP contribution in [0.5, 0.6) is 5.88 Å². The van der Waals surface area contributed by atoms with Gasteiger partial charge in [0.05, 0.1) is 42.9 Å². The van der Waals surface area contributed by atoms with Crippen molar-refractivity contribution < 1.29 is 14.3 Å². The smallest absolute Gasteiger partial charge is 0.337 e. The number of carbonyl (C=O) groups is 1. The Hall–Kier alpha value is -3.26. The summed E-state index contributed by atoms with van der Waals surface area (Å²) in [6, 6.07) is 14.6. The Bertz CT molecular complexity index is 1090. The molecular weight excluding hydrogens is 352 g/mol. The van der Waals surface area contributed by atoms with Crippen LogP contribution < -0.4 is 4.74 Å². The molecule has 2 aromatic heterocycles. The third kappa shape index (κ3) is 2.80. The molecule has 0 atom stereocenters. The molecule has 4 rings (SSSR count). The molecular formula is C18H14N4O3S. The van der Waals surface area contributed by atoms with E-state index in [1.54, 1.807) is 36.1 Å². The van der Waals surface area contributed by atoms with Crippen molar-refractivity contribution in [2.75, 3.05) is 14.2 Å². The van der Waals surface area contributed by atoms with Gasteiger partial charge in [-0.05, 0) is 36.4 Å². The van der Waals surface area contributed by atoms with Gasteiger partial charge in [-0.3, -0.25) is 0 Å². The van der Waals surface area contributed by atoms with E-state index in [0.717, 1.165) is 28.0 Å². The second-order valence-electron chi connectivity index (χ2n) is 5.49. The number of benzene rings is 2. The van der Waals surface area contributed by atoms with Crippen LogP contribution >= 0.6 is 11.7 Å². The molecule has 130 valence electrons. The van der Waals surface area contributed by atoms with Gasteiger partial charge in [-0.25, -0.2) is 9.48 Å². The zero-order valence-corrected chi connectivity index (χ0v) is 14.9. The van der Waals surface area contributed by atoms with Gasteiger partial charge in [0.15, 0.2) is 0 Å². The zero-order valence-electron chi connectivity index (χ0n) is 14.0. The molecule has 0 saturated heterocycles. The molecule has 0 aliphatic carbocycles. The summed E-state index contributed by atoms with van der Waals surface area (Å²) in [6.07, 6.45) is 0. The number of ether oxygens (including phenoxy) is 2. The minimum atomic E-state index is -0.380. The van der Waals surface area contributed by atoms with Gasteiger partial charge in [0, 0.05) is 11.6 Å². The summed E-state index contributed by atoms with van der Waals surface area (Å²) >= 11 is 1.18. The lowest BCUT2D eigenvalue weighted by Gasteiger charge is -2.06. The molecule has 4 aromatic rings. The number of methoxy groups -OCH3 is 2. The van der Waals surface area contributed by atoms with Crippen LogP contribution in [0.15, 0.2) is 48.5 Å². The fourth-order valence-electron chi connectivity index (χ4n) is 2.63. The maximum Gasteiger partial charge on any atom is 0.337 e. The molecule has 0 aliphatic heterocycles. The molecule has 26 heavy (non-hydrogen) atoms. The van der Waals surface area contributed by atoms with E-state index in [2.05, 4.69) is 13.8 Å². The van der Waals surface area contributed by atoms with Gasteiger partial charge < -0.3 is 9.47 Å². The summed E-state index contributed by atoms with van der Waals surface area (Å²) < 4.78 is 20.3. The second-order valence-corrected chi connectivity index (χ2v) is 6.02. The standard InChI is InChI=1S/C18H14N4O3S/c1-24-17-10-15(12-5-8-14-16(9-12)21-26-20-14)19-22(17)13-6-3-11(4-7-13)18(23)25-2/h3-10H,1-2H3. The van der Waals surface area contributed by atoms with Gasteiger partial charge in [0.1, 0.15) is 11.0 Å². The monoisotopic (exact) mass is 366 g/mol. The predicted octanol–water partition coefficient (Wildman–Crippen LogP) is 3.34. The first kappa shape index (κ1) is 16.2. The quantitative estimate of drug-likeness (QED) is 0.516. The first-order valence-corrected chi connectivity index (χ1v) is 8.48. The number of carbonyl (C=O) groups excluding carboxylic acids is 1. The first-order chi connectivity index (χ1) is 12.7. The van der Waals surface area contributed by atoms with Crippen molar-refractivity contribution >= 4 is 28.7 Å². The molecule has 0 bridgehead atoms. The van der Waals surface area contributed by atoms with Gasteiger partial charge in [-0.15, -0.1) is 0 Å². The fourth-order valence-corrected chi connectivity index (χ4v) is 3.15. The molecule has 2 aromatic carbocycles. The third-order valence-electron chi connectivity index (χ3n) is 3.97. The van der Waals surface area contributed by atoms with Crippen LogP contribution in [-0.2, 0) is 4.74 Å². The summed E-state index contributed by atoms with van der Waals surface area (Å²) in [5, 5.41) is 4.64. The maximum absolute atomic E-state index is 11.6. The highest BCUT2D eigenvalue weighted by molar-refractivity contribution is 7.00. The number of fused-ring (bicyclic) bond motifs is 1. The summed E-state index contributed by atoms with van der Waals surface area (Å²) in [4.78, 5) is 11.6. The molecule has 0 aliphatic rings. The number of aromatic nitrogens is 4. The average Bonchev–Trinajstić information content (AvgIpc) is 3.33. The molecule has 8 heteroatoms. The molecule has 0 radical (unpaired) electrons. The third-order valence-corrected chi connectivity index (χ3v) is 4.53. The van der Waals surface area contributed by atoms with Crippen molar-refractivity contribution in [3.05, 3.63) is 54.1 Å². The molecule has 7 nitrogen and oxygen atoms in total. The summed E-state index contributed by atoms with van der Waals surface area (Å²) in [5.74, 6) is 0.206. The van der Waals surface area contributed by atoms with Gasteiger partial charge in [0.2, 0.25) is 5.88 Å². The molecule has 2 heterocycles. The molecule has 0 unspecified atom stereocenters. The Morgan fingerprint density at radius 3 is 2.50 bits per heavy atom. The maximum atomic E-state index is 11.6. The van der Waals surface area contributed by atoms with E-state index >= 15 is 0 Å². The fraction of sp³-hybridized carbons (Fsp3) is 0.111. The SMILES string of the molecule is COC(=O)c1ccc(-n2nc(-c3ccc4nsnc4c3)cc2OC)cc1. The average molecular weight is 366 g/mol. The van der Waals surface area contributed by atoms with Crippen molar-refractivity contribution in [2.45, 2.75) is 0 Å². The highest BCUT2D eigenvalue weighted by atomic mass is 32.1. The van der Waals surface area contributed by atoms with Crippen molar-refractivity contribution in [1.29, 1.82) is 0 Å². The number of nitrogens with zero attached hydrogens (tertiary/aromatic N) is 4. The first-order valence-electron chi connectivity index (χ1n) is 7.75. The van der Waals surface area contributed by atoms with Gasteiger partial charge >= 0.3 is 5.97 Å². The molecule has 0 amide bonds. The Morgan fingerprint density at radius 2 is 1.77 bits per heavy atom. The minimum absolute atomic E-state index is 0.380. The van der Waals surface area contributed by atoms with E-state index in [9.17, 15) is 4.79 Å². The molecule has 0 fully saturated rings. The van der Waals surface area contributed by atoms with Crippen LogP contribution in [0.2, 0.25) is 0 Å².